The predicted octanol–water partition coefficient (Wildman–Crippen LogP) is 2.69. The van der Waals surface area contributed by atoms with Crippen LogP contribution in [0.4, 0.5) is 5.13 Å². The maximum atomic E-state index is 11.8. The molecule has 22 heavy (non-hydrogen) atoms. The summed E-state index contributed by atoms with van der Waals surface area (Å²) in [5.41, 5.74) is 0.854. The summed E-state index contributed by atoms with van der Waals surface area (Å²) < 4.78 is 9.73. The fourth-order valence-electron chi connectivity index (χ4n) is 1.75. The minimum absolute atomic E-state index is 0.171. The molecule has 6 nitrogen and oxygen atoms in total. The van der Waals surface area contributed by atoms with E-state index in [0.29, 0.717) is 5.13 Å². The fourth-order valence-corrected chi connectivity index (χ4v) is 2.71. The Bertz CT molecular complexity index is 510. The van der Waals surface area contributed by atoms with Crippen molar-refractivity contribution in [2.75, 3.05) is 18.5 Å². The number of rotatable bonds is 8. The van der Waals surface area contributed by atoms with Crippen molar-refractivity contribution in [1.29, 1.82) is 0 Å². The number of hydrogen-bond donors (Lipinski definition) is 1. The maximum absolute atomic E-state index is 11.8. The van der Waals surface area contributed by atoms with E-state index < -0.39 is 11.9 Å². The third-order valence-electron chi connectivity index (χ3n) is 2.76. The predicted molar refractivity (Wildman–Crippen MR) is 85.8 cm³/mol. The standard InChI is InChI=1S/C15H22N2O4S/c1-5-11-12(6-2)22-15(17-11)16-9-10(13(18)20-7-3)14(19)21-8-4/h9H,5-8H2,1-4H3,(H,16,17). The second-order valence-electron chi connectivity index (χ2n) is 4.24. The van der Waals surface area contributed by atoms with Crippen LogP contribution >= 0.6 is 11.3 Å². The number of thiazole rings is 1. The zero-order chi connectivity index (χ0) is 16.5. The lowest BCUT2D eigenvalue weighted by Crippen LogP contribution is -2.19. The van der Waals surface area contributed by atoms with Crippen LogP contribution in [0.5, 0.6) is 0 Å². The van der Waals surface area contributed by atoms with Crippen molar-refractivity contribution in [3.63, 3.8) is 0 Å². The molecule has 0 saturated heterocycles. The molecule has 0 saturated carbocycles. The van der Waals surface area contributed by atoms with E-state index in [1.54, 1.807) is 13.8 Å². The highest BCUT2D eigenvalue weighted by Crippen LogP contribution is 2.24. The normalized spacial score (nSPS) is 10.0. The number of esters is 2. The van der Waals surface area contributed by atoms with Gasteiger partial charge in [0.25, 0.3) is 0 Å². The van der Waals surface area contributed by atoms with Crippen LogP contribution in [0.3, 0.4) is 0 Å². The number of aryl methyl sites for hydroxylation is 2. The number of ether oxygens (including phenoxy) is 2. The average Bonchev–Trinajstić information content (AvgIpc) is 2.90. The monoisotopic (exact) mass is 326 g/mol. The molecule has 1 aromatic rings. The first-order valence-electron chi connectivity index (χ1n) is 7.36. The minimum atomic E-state index is -0.712. The second kappa shape index (κ2) is 9.19. The minimum Gasteiger partial charge on any atom is -0.462 e. The summed E-state index contributed by atoms with van der Waals surface area (Å²) in [6.07, 6.45) is 3.04. The summed E-state index contributed by atoms with van der Waals surface area (Å²) in [7, 11) is 0. The topological polar surface area (TPSA) is 77.5 Å². The van der Waals surface area contributed by atoms with Gasteiger partial charge in [0.2, 0.25) is 0 Å². The lowest BCUT2D eigenvalue weighted by Gasteiger charge is -2.06. The molecule has 0 bridgehead atoms. The van der Waals surface area contributed by atoms with Crippen LogP contribution in [-0.4, -0.2) is 30.1 Å². The molecule has 1 aromatic heterocycles. The molecule has 0 aliphatic heterocycles. The molecule has 0 aliphatic carbocycles. The van der Waals surface area contributed by atoms with Crippen molar-refractivity contribution < 1.29 is 19.1 Å². The molecule has 1 rings (SSSR count). The van der Waals surface area contributed by atoms with E-state index in [1.807, 2.05) is 6.92 Å². The molecule has 0 spiro atoms. The lowest BCUT2D eigenvalue weighted by molar-refractivity contribution is -0.146. The van der Waals surface area contributed by atoms with Gasteiger partial charge in [-0.05, 0) is 26.7 Å². The van der Waals surface area contributed by atoms with Crippen molar-refractivity contribution in [2.24, 2.45) is 0 Å². The van der Waals surface area contributed by atoms with Crippen molar-refractivity contribution in [1.82, 2.24) is 4.98 Å². The molecule has 0 unspecified atom stereocenters. The van der Waals surface area contributed by atoms with Gasteiger partial charge in [0.1, 0.15) is 0 Å². The molecule has 122 valence electrons. The Morgan fingerprint density at radius 2 is 1.68 bits per heavy atom. The summed E-state index contributed by atoms with van der Waals surface area (Å²) in [6.45, 7) is 7.83. The van der Waals surface area contributed by atoms with E-state index >= 15 is 0 Å². The van der Waals surface area contributed by atoms with Gasteiger partial charge in [0.15, 0.2) is 10.7 Å². The third-order valence-corrected chi connectivity index (χ3v) is 3.94. The zero-order valence-electron chi connectivity index (χ0n) is 13.4. The van der Waals surface area contributed by atoms with Crippen LogP contribution in [0.15, 0.2) is 11.8 Å². The first-order chi connectivity index (χ1) is 10.6. The smallest absolute Gasteiger partial charge is 0.347 e. The Labute approximate surface area is 134 Å². The first-order valence-corrected chi connectivity index (χ1v) is 8.18. The first kappa shape index (κ1) is 18.2. The van der Waals surface area contributed by atoms with Crippen LogP contribution in [0.2, 0.25) is 0 Å². The van der Waals surface area contributed by atoms with Crippen LogP contribution in [0.1, 0.15) is 38.3 Å². The van der Waals surface area contributed by atoms with Crippen LogP contribution in [0, 0.1) is 0 Å². The summed E-state index contributed by atoms with van der Waals surface area (Å²) in [4.78, 5) is 29.3. The Balaban J connectivity index is 2.94. The number of hydrogen-bond acceptors (Lipinski definition) is 7. The molecule has 0 aromatic carbocycles. The van der Waals surface area contributed by atoms with Crippen molar-refractivity contribution >= 4 is 28.4 Å². The molecule has 0 amide bonds. The van der Waals surface area contributed by atoms with E-state index in [1.165, 1.54) is 22.4 Å². The van der Waals surface area contributed by atoms with Gasteiger partial charge >= 0.3 is 11.9 Å². The average molecular weight is 326 g/mol. The summed E-state index contributed by atoms with van der Waals surface area (Å²) in [6, 6.07) is 0. The van der Waals surface area contributed by atoms with Gasteiger partial charge in [-0.15, -0.1) is 11.3 Å². The van der Waals surface area contributed by atoms with Crippen LogP contribution in [0.25, 0.3) is 0 Å². The van der Waals surface area contributed by atoms with E-state index in [9.17, 15) is 9.59 Å². The number of aromatic nitrogens is 1. The molecule has 1 heterocycles. The highest BCUT2D eigenvalue weighted by molar-refractivity contribution is 7.15. The number of carbonyl (C=O) groups is 2. The zero-order valence-corrected chi connectivity index (χ0v) is 14.2. The third kappa shape index (κ3) is 4.84. The second-order valence-corrected chi connectivity index (χ2v) is 5.32. The van der Waals surface area contributed by atoms with Gasteiger partial charge in [-0.2, -0.15) is 0 Å². The molecular weight excluding hydrogens is 304 g/mol. The number of carbonyl (C=O) groups excluding carboxylic acids is 2. The molecule has 0 aliphatic rings. The summed E-state index contributed by atoms with van der Waals surface area (Å²) in [5.74, 6) is -1.42. The molecule has 7 heteroatoms. The van der Waals surface area contributed by atoms with Gasteiger partial charge in [-0.3, -0.25) is 0 Å². The molecule has 1 N–H and O–H groups in total. The van der Waals surface area contributed by atoms with Gasteiger partial charge in [-0.1, -0.05) is 13.8 Å². The Hall–Kier alpha value is -1.89. The van der Waals surface area contributed by atoms with Crippen molar-refractivity contribution in [3.05, 3.63) is 22.3 Å². The number of anilines is 1. The molecular formula is C15H22N2O4S. The highest BCUT2D eigenvalue weighted by atomic mass is 32.1. The van der Waals surface area contributed by atoms with E-state index in [2.05, 4.69) is 17.2 Å². The van der Waals surface area contributed by atoms with Gasteiger partial charge in [0.05, 0.1) is 18.9 Å². The quantitative estimate of drug-likeness (QED) is 0.342. The Kier molecular flexibility index (Phi) is 7.59. The number of nitrogens with one attached hydrogen (secondary N) is 1. The van der Waals surface area contributed by atoms with Gasteiger partial charge in [0, 0.05) is 11.1 Å². The fraction of sp³-hybridized carbons (Fsp3) is 0.533. The van der Waals surface area contributed by atoms with Crippen molar-refractivity contribution in [2.45, 2.75) is 40.5 Å². The Morgan fingerprint density at radius 3 is 2.09 bits per heavy atom. The molecule has 0 radical (unpaired) electrons. The SMILES string of the molecule is CCOC(=O)C(=CNc1nc(CC)c(CC)s1)C(=O)OCC. The maximum Gasteiger partial charge on any atom is 0.347 e. The van der Waals surface area contributed by atoms with E-state index in [4.69, 9.17) is 9.47 Å². The van der Waals surface area contributed by atoms with Crippen LogP contribution < -0.4 is 5.32 Å². The number of nitrogens with zero attached hydrogens (tertiary/aromatic N) is 1. The van der Waals surface area contributed by atoms with Crippen molar-refractivity contribution in [3.8, 4) is 0 Å². The molecule has 0 atom stereocenters. The lowest BCUT2D eigenvalue weighted by atomic mass is 10.2. The molecule has 0 fully saturated rings. The largest absolute Gasteiger partial charge is 0.462 e. The summed E-state index contributed by atoms with van der Waals surface area (Å²) >= 11 is 1.51. The summed E-state index contributed by atoms with van der Waals surface area (Å²) in [5, 5.41) is 3.54. The Morgan fingerprint density at radius 1 is 1.09 bits per heavy atom. The van der Waals surface area contributed by atoms with Crippen LogP contribution in [-0.2, 0) is 31.9 Å². The van der Waals surface area contributed by atoms with Gasteiger partial charge < -0.3 is 14.8 Å². The van der Waals surface area contributed by atoms with E-state index in [-0.39, 0.29) is 18.8 Å². The van der Waals surface area contributed by atoms with E-state index in [0.717, 1.165) is 18.5 Å². The van der Waals surface area contributed by atoms with Gasteiger partial charge in [-0.25, -0.2) is 14.6 Å². The highest BCUT2D eigenvalue weighted by Gasteiger charge is 2.21.